The Balaban J connectivity index is 2.01. The minimum absolute atomic E-state index is 0.00798. The molecular formula is C25H30N2O3S. The van der Waals surface area contributed by atoms with E-state index >= 15 is 0 Å². The van der Waals surface area contributed by atoms with Gasteiger partial charge in [-0.2, -0.15) is 0 Å². The van der Waals surface area contributed by atoms with Gasteiger partial charge in [0.1, 0.15) is 4.88 Å². The molecule has 0 radical (unpaired) electrons. The smallest absolute Gasteiger partial charge is 0.348 e. The number of hydrogen-bond acceptors (Lipinski definition) is 4. The third-order valence-corrected chi connectivity index (χ3v) is 6.48. The molecule has 1 aliphatic carbocycles. The number of hydrogen-bond donors (Lipinski definition) is 1. The molecule has 0 aliphatic heterocycles. The second kappa shape index (κ2) is 9.65. The highest BCUT2D eigenvalue weighted by atomic mass is 32.1. The van der Waals surface area contributed by atoms with Gasteiger partial charge in [0.15, 0.2) is 0 Å². The second-order valence-electron chi connectivity index (χ2n) is 9.37. The molecule has 5 nitrogen and oxygen atoms in total. The number of carbonyl (C=O) groups excluding carboxylic acids is 1. The largest absolute Gasteiger partial charge is 0.477 e. The predicted octanol–water partition coefficient (Wildman–Crippen LogP) is 5.60. The molecule has 164 valence electrons. The van der Waals surface area contributed by atoms with Gasteiger partial charge in [-0.15, -0.1) is 11.3 Å². The van der Waals surface area contributed by atoms with Crippen molar-refractivity contribution in [2.75, 3.05) is 4.90 Å². The standard InChI is InChI=1S/C25H30N2O3S/c1-17-7-9-19(10-8-17)23(28)27(16-18-6-5-13-26-15-18)21-14-20(11-12-25(2,3)4)31-22(21)24(29)30/h5-6,13-15,17,19H,7-10,16H2,1-4H3,(H,29,30). The molecule has 2 aromatic heterocycles. The Labute approximate surface area is 188 Å². The molecule has 31 heavy (non-hydrogen) atoms. The van der Waals surface area contributed by atoms with Crippen LogP contribution < -0.4 is 4.90 Å². The number of thiophene rings is 1. The van der Waals surface area contributed by atoms with E-state index in [1.165, 1.54) is 0 Å². The molecular weight excluding hydrogens is 408 g/mol. The van der Waals surface area contributed by atoms with Crippen molar-refractivity contribution in [1.29, 1.82) is 0 Å². The summed E-state index contributed by atoms with van der Waals surface area (Å²) in [6.45, 7) is 8.54. The number of aromatic carboxylic acids is 1. The number of amides is 1. The fourth-order valence-corrected chi connectivity index (χ4v) is 4.58. The Hall–Kier alpha value is -2.65. The normalized spacial score (nSPS) is 18.7. The molecule has 1 saturated carbocycles. The van der Waals surface area contributed by atoms with Gasteiger partial charge < -0.3 is 10.0 Å². The molecule has 1 fully saturated rings. The molecule has 0 spiro atoms. The highest BCUT2D eigenvalue weighted by molar-refractivity contribution is 7.15. The molecule has 0 unspecified atom stereocenters. The number of nitrogens with zero attached hydrogens (tertiary/aromatic N) is 2. The van der Waals surface area contributed by atoms with E-state index < -0.39 is 5.97 Å². The Kier molecular flexibility index (Phi) is 7.17. The third kappa shape index (κ3) is 6.18. The average Bonchev–Trinajstić information content (AvgIpc) is 3.15. The SMILES string of the molecule is CC1CCC(C(=O)N(Cc2cccnc2)c2cc(C#CC(C)(C)C)sc2C(=O)O)CC1. The van der Waals surface area contributed by atoms with Crippen LogP contribution in [0.2, 0.25) is 0 Å². The van der Waals surface area contributed by atoms with Gasteiger partial charge in [-0.1, -0.05) is 24.8 Å². The van der Waals surface area contributed by atoms with E-state index in [1.807, 2.05) is 32.9 Å². The first-order valence-electron chi connectivity index (χ1n) is 10.7. The van der Waals surface area contributed by atoms with E-state index in [2.05, 4.69) is 23.7 Å². The minimum Gasteiger partial charge on any atom is -0.477 e. The fourth-order valence-electron chi connectivity index (χ4n) is 3.73. The first-order valence-corrected chi connectivity index (χ1v) is 11.6. The van der Waals surface area contributed by atoms with Crippen LogP contribution in [-0.4, -0.2) is 22.0 Å². The van der Waals surface area contributed by atoms with Crippen LogP contribution in [0.3, 0.4) is 0 Å². The van der Waals surface area contributed by atoms with Gasteiger partial charge in [0.05, 0.1) is 17.1 Å². The molecule has 1 N–H and O–H groups in total. The van der Waals surface area contributed by atoms with E-state index in [0.29, 0.717) is 23.0 Å². The molecule has 3 rings (SSSR count). The maximum absolute atomic E-state index is 13.6. The Morgan fingerprint density at radius 3 is 2.55 bits per heavy atom. The van der Waals surface area contributed by atoms with Gasteiger partial charge in [-0.05, 0) is 70.1 Å². The van der Waals surface area contributed by atoms with Crippen LogP contribution in [0.15, 0.2) is 30.6 Å². The average molecular weight is 439 g/mol. The van der Waals surface area contributed by atoms with Crippen molar-refractivity contribution in [3.8, 4) is 11.8 Å². The van der Waals surface area contributed by atoms with Crippen molar-refractivity contribution in [3.05, 3.63) is 45.9 Å². The lowest BCUT2D eigenvalue weighted by Crippen LogP contribution is -2.37. The summed E-state index contributed by atoms with van der Waals surface area (Å²) < 4.78 is 0. The van der Waals surface area contributed by atoms with Gasteiger partial charge in [0.25, 0.3) is 0 Å². The zero-order valence-electron chi connectivity index (χ0n) is 18.6. The Morgan fingerprint density at radius 2 is 1.97 bits per heavy atom. The van der Waals surface area contributed by atoms with Crippen molar-refractivity contribution < 1.29 is 14.7 Å². The van der Waals surface area contributed by atoms with E-state index in [0.717, 1.165) is 42.6 Å². The number of aromatic nitrogens is 1. The van der Waals surface area contributed by atoms with E-state index in [9.17, 15) is 14.7 Å². The van der Waals surface area contributed by atoms with Gasteiger partial charge in [0, 0.05) is 23.7 Å². The molecule has 0 bridgehead atoms. The molecule has 0 aromatic carbocycles. The summed E-state index contributed by atoms with van der Waals surface area (Å²) in [5, 5.41) is 9.86. The number of anilines is 1. The van der Waals surface area contributed by atoms with Gasteiger partial charge in [-0.3, -0.25) is 9.78 Å². The molecule has 1 aliphatic rings. The van der Waals surface area contributed by atoms with Crippen LogP contribution >= 0.6 is 11.3 Å². The zero-order chi connectivity index (χ0) is 22.6. The van der Waals surface area contributed by atoms with Crippen LogP contribution in [0.1, 0.15) is 73.5 Å². The maximum Gasteiger partial charge on any atom is 0.348 e. The van der Waals surface area contributed by atoms with Gasteiger partial charge in [0.2, 0.25) is 5.91 Å². The first-order chi connectivity index (χ1) is 14.6. The van der Waals surface area contributed by atoms with Crippen molar-refractivity contribution in [2.45, 2.75) is 59.9 Å². The quantitative estimate of drug-likeness (QED) is 0.617. The van der Waals surface area contributed by atoms with Crippen molar-refractivity contribution in [1.82, 2.24) is 4.98 Å². The Morgan fingerprint density at radius 1 is 1.26 bits per heavy atom. The third-order valence-electron chi connectivity index (χ3n) is 5.45. The van der Waals surface area contributed by atoms with Crippen molar-refractivity contribution in [2.24, 2.45) is 17.3 Å². The summed E-state index contributed by atoms with van der Waals surface area (Å²) in [5.74, 6) is 5.76. The summed E-state index contributed by atoms with van der Waals surface area (Å²) >= 11 is 1.13. The summed E-state index contributed by atoms with van der Waals surface area (Å²) in [5.41, 5.74) is 1.10. The number of pyridine rings is 1. The van der Waals surface area contributed by atoms with Gasteiger partial charge >= 0.3 is 5.97 Å². The summed E-state index contributed by atoms with van der Waals surface area (Å²) in [7, 11) is 0. The lowest BCUT2D eigenvalue weighted by molar-refractivity contribution is -0.123. The second-order valence-corrected chi connectivity index (χ2v) is 10.4. The molecule has 6 heteroatoms. The number of rotatable bonds is 5. The Bertz CT molecular complexity index is 987. The topological polar surface area (TPSA) is 70.5 Å². The van der Waals surface area contributed by atoms with E-state index in [1.54, 1.807) is 23.4 Å². The maximum atomic E-state index is 13.6. The molecule has 0 saturated heterocycles. The summed E-state index contributed by atoms with van der Waals surface area (Å²) in [6.07, 6.45) is 7.13. The highest BCUT2D eigenvalue weighted by Gasteiger charge is 2.32. The van der Waals surface area contributed by atoms with E-state index in [4.69, 9.17) is 0 Å². The van der Waals surface area contributed by atoms with Crippen molar-refractivity contribution >= 4 is 28.9 Å². The zero-order valence-corrected chi connectivity index (χ0v) is 19.5. The first kappa shape index (κ1) is 23.0. The monoisotopic (exact) mass is 438 g/mol. The van der Waals surface area contributed by atoms with Crippen LogP contribution in [0, 0.1) is 29.1 Å². The number of carboxylic acid groups (broad SMARTS) is 1. The van der Waals surface area contributed by atoms with Crippen molar-refractivity contribution in [3.63, 3.8) is 0 Å². The lowest BCUT2D eigenvalue weighted by Gasteiger charge is -2.31. The molecule has 2 aromatic rings. The molecule has 0 atom stereocenters. The van der Waals surface area contributed by atoms with Crippen LogP contribution in [0.5, 0.6) is 0 Å². The van der Waals surface area contributed by atoms with Gasteiger partial charge in [-0.25, -0.2) is 4.79 Å². The molecule has 1 amide bonds. The van der Waals surface area contributed by atoms with Crippen LogP contribution in [0.25, 0.3) is 0 Å². The minimum atomic E-state index is -1.04. The van der Waals surface area contributed by atoms with Crippen LogP contribution in [-0.2, 0) is 11.3 Å². The van der Waals surface area contributed by atoms with Crippen LogP contribution in [0.4, 0.5) is 5.69 Å². The highest BCUT2D eigenvalue weighted by Crippen LogP contribution is 2.36. The lowest BCUT2D eigenvalue weighted by atomic mass is 9.82. The van der Waals surface area contributed by atoms with E-state index in [-0.39, 0.29) is 22.1 Å². The number of carboxylic acids is 1. The predicted molar refractivity (Wildman–Crippen MR) is 124 cm³/mol. The number of carbonyl (C=O) groups is 2. The summed E-state index contributed by atoms with van der Waals surface area (Å²) in [6, 6.07) is 5.49. The molecule has 2 heterocycles. The summed E-state index contributed by atoms with van der Waals surface area (Å²) in [4.78, 5) is 32.2. The fraction of sp³-hybridized carbons (Fsp3) is 0.480.